The van der Waals surface area contributed by atoms with Crippen molar-refractivity contribution in [3.8, 4) is 17.5 Å². The van der Waals surface area contributed by atoms with Crippen LogP contribution in [0.1, 0.15) is 33.6 Å². The first-order chi connectivity index (χ1) is 11.0. The molecule has 1 aliphatic rings. The van der Waals surface area contributed by atoms with Gasteiger partial charge < -0.3 is 14.4 Å². The largest absolute Gasteiger partial charge is 0.469 e. The Balaban J connectivity index is 2.33. The van der Waals surface area contributed by atoms with Gasteiger partial charge in [-0.1, -0.05) is 17.9 Å². The molecule has 0 aromatic carbocycles. The van der Waals surface area contributed by atoms with E-state index < -0.39 is 5.54 Å². The van der Waals surface area contributed by atoms with Crippen LogP contribution >= 0.6 is 11.3 Å². The third kappa shape index (κ3) is 3.26. The Morgan fingerprint density at radius 2 is 2.22 bits per heavy atom. The van der Waals surface area contributed by atoms with E-state index in [-0.39, 0.29) is 12.3 Å². The quantitative estimate of drug-likeness (QED) is 0.745. The maximum Gasteiger partial charge on any atom is 0.329 e. The van der Waals surface area contributed by atoms with Crippen LogP contribution in [-0.2, 0) is 4.74 Å². The number of methoxy groups -OCH3 is 1. The minimum atomic E-state index is -0.637. The molecule has 0 aliphatic carbocycles. The first-order valence-corrected chi connectivity index (χ1v) is 8.40. The lowest BCUT2D eigenvalue weighted by Crippen LogP contribution is -2.61. The number of ether oxygens (including phenoxy) is 2. The number of aromatic nitrogens is 2. The van der Waals surface area contributed by atoms with E-state index in [1.54, 1.807) is 12.0 Å². The van der Waals surface area contributed by atoms with E-state index in [0.717, 1.165) is 0 Å². The molecular formula is C15H22N4O3S. The van der Waals surface area contributed by atoms with Gasteiger partial charge in [0, 0.05) is 20.1 Å². The Morgan fingerprint density at radius 1 is 1.48 bits per heavy atom. The summed E-state index contributed by atoms with van der Waals surface area (Å²) >= 11 is 1.22. The molecule has 8 heteroatoms. The molecule has 0 saturated carbocycles. The van der Waals surface area contributed by atoms with E-state index in [4.69, 9.17) is 15.9 Å². The second kappa shape index (κ2) is 7.15. The monoisotopic (exact) mass is 338 g/mol. The van der Waals surface area contributed by atoms with Gasteiger partial charge in [-0.05, 0) is 31.6 Å². The van der Waals surface area contributed by atoms with Crippen molar-refractivity contribution in [2.24, 2.45) is 0 Å². The molecular weight excluding hydrogens is 316 g/mol. The van der Waals surface area contributed by atoms with Gasteiger partial charge in [0.15, 0.2) is 0 Å². The summed E-state index contributed by atoms with van der Waals surface area (Å²) in [6.45, 7) is 6.76. The minimum Gasteiger partial charge on any atom is -0.469 e. The van der Waals surface area contributed by atoms with Gasteiger partial charge in [0.1, 0.15) is 11.8 Å². The number of nitrogens with zero attached hydrogens (tertiary/aromatic N) is 4. The number of anilines is 1. The highest BCUT2D eigenvalue weighted by atomic mass is 32.1. The minimum absolute atomic E-state index is 0.218. The summed E-state index contributed by atoms with van der Waals surface area (Å²) in [5.41, 5.74) is -0.637. The maximum absolute atomic E-state index is 13.0. The van der Waals surface area contributed by atoms with Gasteiger partial charge >= 0.3 is 6.03 Å². The van der Waals surface area contributed by atoms with Crippen molar-refractivity contribution in [1.82, 2.24) is 15.1 Å². The van der Waals surface area contributed by atoms with Crippen molar-refractivity contribution in [2.75, 3.05) is 25.2 Å². The SMILES string of the molecule is C#CC(C)(CC)N1CCC(OC)N(c2nnc(OCC)s2)C1=O. The molecule has 2 atom stereocenters. The lowest BCUT2D eigenvalue weighted by Gasteiger charge is -2.45. The van der Waals surface area contributed by atoms with Crippen molar-refractivity contribution in [1.29, 1.82) is 0 Å². The van der Waals surface area contributed by atoms with Crippen molar-refractivity contribution < 1.29 is 14.3 Å². The fourth-order valence-electron chi connectivity index (χ4n) is 2.46. The predicted molar refractivity (Wildman–Crippen MR) is 88.6 cm³/mol. The summed E-state index contributed by atoms with van der Waals surface area (Å²) in [7, 11) is 1.57. The van der Waals surface area contributed by atoms with Gasteiger partial charge in [0.05, 0.1) is 6.61 Å². The standard InChI is InChI=1S/C15H22N4O3S/c1-6-15(4,7-2)18-10-9-11(21-5)19(14(18)20)12-16-17-13(23-12)22-8-3/h1,11H,7-10H2,2-5H3. The number of urea groups is 1. The van der Waals surface area contributed by atoms with E-state index in [9.17, 15) is 4.79 Å². The number of hydrogen-bond donors (Lipinski definition) is 0. The maximum atomic E-state index is 13.0. The first-order valence-electron chi connectivity index (χ1n) is 7.58. The summed E-state index contributed by atoms with van der Waals surface area (Å²) in [6, 6.07) is -0.218. The average Bonchev–Trinajstić information content (AvgIpc) is 3.02. The van der Waals surface area contributed by atoms with Gasteiger partial charge in [-0.3, -0.25) is 0 Å². The predicted octanol–water partition coefficient (Wildman–Crippen LogP) is 2.34. The highest BCUT2D eigenvalue weighted by molar-refractivity contribution is 7.17. The Kier molecular flexibility index (Phi) is 5.44. The molecule has 2 heterocycles. The Labute approximate surface area is 140 Å². The van der Waals surface area contributed by atoms with E-state index >= 15 is 0 Å². The zero-order chi connectivity index (χ0) is 17.0. The molecule has 2 rings (SSSR count). The molecule has 0 spiro atoms. The van der Waals surface area contributed by atoms with Gasteiger partial charge in [-0.25, -0.2) is 9.69 Å². The van der Waals surface area contributed by atoms with E-state index in [1.807, 2.05) is 20.8 Å². The summed E-state index contributed by atoms with van der Waals surface area (Å²) in [4.78, 5) is 16.2. The molecule has 2 unspecified atom stereocenters. The molecule has 2 amide bonds. The average molecular weight is 338 g/mol. The normalized spacial score (nSPS) is 21.0. The third-order valence-electron chi connectivity index (χ3n) is 4.06. The highest BCUT2D eigenvalue weighted by Gasteiger charge is 2.43. The van der Waals surface area contributed by atoms with E-state index in [2.05, 4.69) is 16.1 Å². The van der Waals surface area contributed by atoms with Crippen LogP contribution in [0.2, 0.25) is 0 Å². The number of amides is 2. The van der Waals surface area contributed by atoms with E-state index in [0.29, 0.717) is 36.3 Å². The Morgan fingerprint density at radius 3 is 2.78 bits per heavy atom. The molecule has 1 fully saturated rings. The Hall–Kier alpha value is -1.85. The fraction of sp³-hybridized carbons (Fsp3) is 0.667. The van der Waals surface area contributed by atoms with Crippen LogP contribution in [0.5, 0.6) is 5.19 Å². The van der Waals surface area contributed by atoms with Crippen LogP contribution in [-0.4, -0.2) is 53.2 Å². The van der Waals surface area contributed by atoms with Crippen molar-refractivity contribution in [3.63, 3.8) is 0 Å². The lowest BCUT2D eigenvalue weighted by molar-refractivity contribution is 0.0492. The van der Waals surface area contributed by atoms with E-state index in [1.165, 1.54) is 16.2 Å². The zero-order valence-electron chi connectivity index (χ0n) is 13.9. The van der Waals surface area contributed by atoms with Crippen LogP contribution in [0.3, 0.4) is 0 Å². The number of carbonyl (C=O) groups excluding carboxylic acids is 1. The summed E-state index contributed by atoms with van der Waals surface area (Å²) in [5.74, 6) is 2.74. The summed E-state index contributed by atoms with van der Waals surface area (Å²) in [5, 5.41) is 8.89. The van der Waals surface area contributed by atoms with Gasteiger partial charge in [0.25, 0.3) is 5.19 Å². The smallest absolute Gasteiger partial charge is 0.329 e. The molecule has 1 aromatic heterocycles. The van der Waals surface area contributed by atoms with Crippen LogP contribution in [0.4, 0.5) is 9.93 Å². The number of rotatable bonds is 6. The summed E-state index contributed by atoms with van der Waals surface area (Å²) < 4.78 is 10.8. The molecule has 0 N–H and O–H groups in total. The molecule has 1 aliphatic heterocycles. The van der Waals surface area contributed by atoms with Crippen LogP contribution in [0.25, 0.3) is 0 Å². The van der Waals surface area contributed by atoms with Gasteiger partial charge in [-0.2, -0.15) is 0 Å². The number of hydrogen-bond acceptors (Lipinski definition) is 6. The number of carbonyl (C=O) groups is 1. The van der Waals surface area contributed by atoms with Gasteiger partial charge in [-0.15, -0.1) is 11.5 Å². The fourth-order valence-corrected chi connectivity index (χ4v) is 3.25. The topological polar surface area (TPSA) is 67.8 Å². The first kappa shape index (κ1) is 17.5. The van der Waals surface area contributed by atoms with Crippen molar-refractivity contribution in [3.05, 3.63) is 0 Å². The molecule has 1 aromatic rings. The molecule has 126 valence electrons. The van der Waals surface area contributed by atoms with Gasteiger partial charge in [0.2, 0.25) is 5.13 Å². The Bertz CT molecular complexity index is 600. The summed E-state index contributed by atoms with van der Waals surface area (Å²) in [6.07, 6.45) is 6.59. The van der Waals surface area contributed by atoms with Crippen LogP contribution in [0.15, 0.2) is 0 Å². The molecule has 7 nitrogen and oxygen atoms in total. The number of terminal acetylenes is 1. The highest BCUT2D eigenvalue weighted by Crippen LogP contribution is 2.34. The third-order valence-corrected chi connectivity index (χ3v) is 4.90. The van der Waals surface area contributed by atoms with Crippen molar-refractivity contribution in [2.45, 2.75) is 45.4 Å². The second-order valence-corrected chi connectivity index (χ2v) is 6.26. The second-order valence-electron chi connectivity index (χ2n) is 5.34. The molecule has 0 radical (unpaired) electrons. The van der Waals surface area contributed by atoms with Crippen molar-refractivity contribution >= 4 is 22.5 Å². The zero-order valence-corrected chi connectivity index (χ0v) is 14.7. The van der Waals surface area contributed by atoms with Crippen LogP contribution < -0.4 is 9.64 Å². The lowest BCUT2D eigenvalue weighted by atomic mass is 9.96. The molecule has 0 bridgehead atoms. The molecule has 23 heavy (non-hydrogen) atoms. The molecule has 1 saturated heterocycles. The van der Waals surface area contributed by atoms with Crippen LogP contribution in [0, 0.1) is 12.3 Å².